The largest absolute Gasteiger partial charge is 0.399 e. The van der Waals surface area contributed by atoms with Gasteiger partial charge in [-0.25, -0.2) is 0 Å². The summed E-state index contributed by atoms with van der Waals surface area (Å²) in [7, 11) is 0. The van der Waals surface area contributed by atoms with E-state index >= 15 is 0 Å². The molecular formula is C15H18N2O. The van der Waals surface area contributed by atoms with Crippen LogP contribution < -0.4 is 11.1 Å². The number of nitrogens with two attached hydrogens (primary N) is 1. The second-order valence-corrected chi connectivity index (χ2v) is 4.39. The molecule has 1 unspecified atom stereocenters. The summed E-state index contributed by atoms with van der Waals surface area (Å²) < 4.78 is 0. The molecule has 0 amide bonds. The number of hydrogen-bond donors (Lipinski definition) is 3. The lowest BCUT2D eigenvalue weighted by Crippen LogP contribution is -2.00. The molecule has 1 atom stereocenters. The van der Waals surface area contributed by atoms with Crippen LogP contribution in [0.25, 0.3) is 0 Å². The summed E-state index contributed by atoms with van der Waals surface area (Å²) in [5, 5.41) is 12.7. The van der Waals surface area contributed by atoms with Gasteiger partial charge in [-0.15, -0.1) is 0 Å². The summed E-state index contributed by atoms with van der Waals surface area (Å²) in [6, 6.07) is 15.6. The molecule has 2 rings (SSSR count). The van der Waals surface area contributed by atoms with Crippen molar-refractivity contribution < 1.29 is 5.11 Å². The fraction of sp³-hybridized carbons (Fsp3) is 0.200. The Hall–Kier alpha value is -2.00. The Bertz CT molecular complexity index is 489. The molecule has 0 aromatic heterocycles. The minimum atomic E-state index is -0.420. The molecule has 0 saturated heterocycles. The van der Waals surface area contributed by atoms with Gasteiger partial charge in [0.15, 0.2) is 0 Å². The third kappa shape index (κ3) is 3.25. The van der Waals surface area contributed by atoms with E-state index in [1.165, 1.54) is 5.56 Å². The van der Waals surface area contributed by atoms with Crippen LogP contribution >= 0.6 is 0 Å². The Morgan fingerprint density at radius 1 is 1.06 bits per heavy atom. The molecule has 18 heavy (non-hydrogen) atoms. The molecule has 0 fully saturated rings. The van der Waals surface area contributed by atoms with Gasteiger partial charge >= 0.3 is 0 Å². The smallest absolute Gasteiger partial charge is 0.0761 e. The number of rotatable bonds is 4. The van der Waals surface area contributed by atoms with Crippen molar-refractivity contribution in [3.05, 3.63) is 59.7 Å². The van der Waals surface area contributed by atoms with Crippen LogP contribution in [-0.4, -0.2) is 5.11 Å². The summed E-state index contributed by atoms with van der Waals surface area (Å²) >= 11 is 0. The molecule has 0 saturated carbocycles. The number of nitrogens with one attached hydrogen (secondary N) is 1. The van der Waals surface area contributed by atoms with Crippen molar-refractivity contribution in [2.45, 2.75) is 19.6 Å². The molecule has 0 bridgehead atoms. The second-order valence-electron chi connectivity index (χ2n) is 4.39. The van der Waals surface area contributed by atoms with Crippen molar-refractivity contribution in [3.63, 3.8) is 0 Å². The van der Waals surface area contributed by atoms with Gasteiger partial charge in [0.05, 0.1) is 6.10 Å². The molecule has 0 aliphatic rings. The van der Waals surface area contributed by atoms with Gasteiger partial charge in [0, 0.05) is 17.9 Å². The first-order valence-electron chi connectivity index (χ1n) is 6.01. The summed E-state index contributed by atoms with van der Waals surface area (Å²) in [6.07, 6.45) is -0.420. The highest BCUT2D eigenvalue weighted by molar-refractivity contribution is 5.46. The van der Waals surface area contributed by atoms with Gasteiger partial charge in [-0.3, -0.25) is 0 Å². The molecular weight excluding hydrogens is 224 g/mol. The highest BCUT2D eigenvalue weighted by atomic mass is 16.3. The van der Waals surface area contributed by atoms with Gasteiger partial charge in [0.25, 0.3) is 0 Å². The minimum Gasteiger partial charge on any atom is -0.399 e. The van der Waals surface area contributed by atoms with Crippen molar-refractivity contribution in [1.82, 2.24) is 0 Å². The highest BCUT2D eigenvalue weighted by Crippen LogP contribution is 2.16. The zero-order valence-electron chi connectivity index (χ0n) is 10.4. The number of anilines is 2. The van der Waals surface area contributed by atoms with Crippen LogP contribution in [0.15, 0.2) is 48.5 Å². The first kappa shape index (κ1) is 12.5. The monoisotopic (exact) mass is 242 g/mol. The van der Waals surface area contributed by atoms with Crippen LogP contribution in [0, 0.1) is 0 Å². The second kappa shape index (κ2) is 5.56. The quantitative estimate of drug-likeness (QED) is 0.722. The van der Waals surface area contributed by atoms with Gasteiger partial charge in [0.2, 0.25) is 0 Å². The molecule has 0 heterocycles. The molecule has 0 radical (unpaired) electrons. The predicted octanol–water partition coefficient (Wildman–Crippen LogP) is 2.93. The first-order valence-corrected chi connectivity index (χ1v) is 6.01. The van der Waals surface area contributed by atoms with Crippen LogP contribution in [0.5, 0.6) is 0 Å². The van der Waals surface area contributed by atoms with E-state index in [1.807, 2.05) is 48.5 Å². The molecule has 0 aliphatic carbocycles. The van der Waals surface area contributed by atoms with E-state index in [4.69, 9.17) is 5.73 Å². The maximum atomic E-state index is 9.42. The van der Waals surface area contributed by atoms with E-state index in [0.29, 0.717) is 0 Å². The van der Waals surface area contributed by atoms with E-state index in [-0.39, 0.29) is 0 Å². The minimum absolute atomic E-state index is 0.420. The first-order chi connectivity index (χ1) is 8.65. The van der Waals surface area contributed by atoms with Crippen LogP contribution in [0.4, 0.5) is 11.4 Å². The van der Waals surface area contributed by atoms with E-state index in [2.05, 4.69) is 5.32 Å². The summed E-state index contributed by atoms with van der Waals surface area (Å²) in [5.41, 5.74) is 9.56. The van der Waals surface area contributed by atoms with Crippen LogP contribution in [-0.2, 0) is 6.54 Å². The Labute approximate surface area is 107 Å². The molecule has 3 heteroatoms. The number of hydrogen-bond acceptors (Lipinski definition) is 3. The third-order valence-electron chi connectivity index (χ3n) is 2.87. The maximum Gasteiger partial charge on any atom is 0.0761 e. The third-order valence-corrected chi connectivity index (χ3v) is 2.87. The van der Waals surface area contributed by atoms with Gasteiger partial charge in [0.1, 0.15) is 0 Å². The topological polar surface area (TPSA) is 58.3 Å². The average molecular weight is 242 g/mol. The fourth-order valence-electron chi connectivity index (χ4n) is 1.72. The SMILES string of the molecule is CC(O)c1ccc(NCc2ccc(N)cc2)cc1. The fourth-order valence-corrected chi connectivity index (χ4v) is 1.72. The normalized spacial score (nSPS) is 12.1. The molecule has 4 N–H and O–H groups in total. The lowest BCUT2D eigenvalue weighted by atomic mass is 10.1. The number of aliphatic hydroxyl groups excluding tert-OH is 1. The van der Waals surface area contributed by atoms with Gasteiger partial charge in [-0.2, -0.15) is 0 Å². The lowest BCUT2D eigenvalue weighted by Gasteiger charge is -2.09. The molecule has 94 valence electrons. The number of aliphatic hydroxyl groups is 1. The maximum absolute atomic E-state index is 9.42. The molecule has 2 aromatic rings. The van der Waals surface area contributed by atoms with E-state index in [0.717, 1.165) is 23.5 Å². The van der Waals surface area contributed by atoms with Crippen molar-refractivity contribution in [2.24, 2.45) is 0 Å². The molecule has 3 nitrogen and oxygen atoms in total. The van der Waals surface area contributed by atoms with E-state index in [1.54, 1.807) is 6.92 Å². The standard InChI is InChI=1S/C15H18N2O/c1-11(18)13-4-8-15(9-5-13)17-10-12-2-6-14(16)7-3-12/h2-9,11,17-18H,10,16H2,1H3. The van der Waals surface area contributed by atoms with Crippen LogP contribution in [0.3, 0.4) is 0 Å². The van der Waals surface area contributed by atoms with Crippen molar-refractivity contribution in [3.8, 4) is 0 Å². The average Bonchev–Trinajstić information content (AvgIpc) is 2.38. The molecule has 0 spiro atoms. The Balaban J connectivity index is 1.95. The van der Waals surface area contributed by atoms with E-state index in [9.17, 15) is 5.11 Å². The van der Waals surface area contributed by atoms with Crippen LogP contribution in [0.1, 0.15) is 24.2 Å². The van der Waals surface area contributed by atoms with Crippen LogP contribution in [0.2, 0.25) is 0 Å². The summed E-state index contributed by atoms with van der Waals surface area (Å²) in [6.45, 7) is 2.52. The molecule has 2 aromatic carbocycles. The zero-order valence-corrected chi connectivity index (χ0v) is 10.4. The van der Waals surface area contributed by atoms with Gasteiger partial charge < -0.3 is 16.2 Å². The molecule has 0 aliphatic heterocycles. The summed E-state index contributed by atoms with van der Waals surface area (Å²) in [5.74, 6) is 0. The predicted molar refractivity (Wildman–Crippen MR) is 75.3 cm³/mol. The Morgan fingerprint density at radius 2 is 1.67 bits per heavy atom. The lowest BCUT2D eigenvalue weighted by molar-refractivity contribution is 0.199. The summed E-state index contributed by atoms with van der Waals surface area (Å²) in [4.78, 5) is 0. The number of nitrogen functional groups attached to an aromatic ring is 1. The zero-order chi connectivity index (χ0) is 13.0. The van der Waals surface area contributed by atoms with Crippen molar-refractivity contribution in [1.29, 1.82) is 0 Å². The Morgan fingerprint density at radius 3 is 2.22 bits per heavy atom. The van der Waals surface area contributed by atoms with Crippen molar-refractivity contribution in [2.75, 3.05) is 11.1 Å². The van der Waals surface area contributed by atoms with Gasteiger partial charge in [-0.05, 0) is 42.3 Å². The van der Waals surface area contributed by atoms with Gasteiger partial charge in [-0.1, -0.05) is 24.3 Å². The Kier molecular flexibility index (Phi) is 3.85. The van der Waals surface area contributed by atoms with E-state index < -0.39 is 6.10 Å². The van der Waals surface area contributed by atoms with Crippen molar-refractivity contribution >= 4 is 11.4 Å². The number of benzene rings is 2. The highest BCUT2D eigenvalue weighted by Gasteiger charge is 2.00.